The molecule has 0 radical (unpaired) electrons. The van der Waals surface area contributed by atoms with Crippen LogP contribution in [0.2, 0.25) is 0 Å². The Hall–Kier alpha value is -9.30. The van der Waals surface area contributed by atoms with Gasteiger partial charge >= 0.3 is 0 Å². The first-order valence-corrected chi connectivity index (χ1v) is 25.7. The predicted molar refractivity (Wildman–Crippen MR) is 306 cm³/mol. The second-order valence-corrected chi connectivity index (χ2v) is 20.4. The van der Waals surface area contributed by atoms with E-state index in [1.54, 1.807) is 0 Å². The summed E-state index contributed by atoms with van der Waals surface area (Å²) in [5.74, 6) is 0. The lowest BCUT2D eigenvalue weighted by molar-refractivity contribution is 0.668. The normalized spacial score (nSPS) is 13.1. The molecule has 4 aromatic heterocycles. The average molecular weight is 949 g/mol. The third kappa shape index (κ3) is 5.30. The Morgan fingerprint density at radius 2 is 0.740 bits per heavy atom. The first-order chi connectivity index (χ1) is 36.2. The third-order valence-electron chi connectivity index (χ3n) is 15.6. The standard InChI is InChI=1S/C66H37BN2O3S/c1-3-16-38(17-4-1)58-46(32-35-53-60(58)40-20-7-11-26-50(40)70-53)68-48-24-15-25-49-64(48)67(44-30-34-55-62(65(44)68)42-22-9-13-28-52(42)72-55)45-31-37-57-63(43-23-10-14-29-56(43)73-57)66(45)69(49)47-33-36-54-61(41-21-8-12-27-51(41)71-54)59(47)39-18-5-2-6-19-39/h1-37H. The number of furan rings is 3. The number of para-hydroxylation sites is 3. The van der Waals surface area contributed by atoms with E-state index in [9.17, 15) is 0 Å². The van der Waals surface area contributed by atoms with Crippen LogP contribution in [0.25, 0.3) is 108 Å². The first kappa shape index (κ1) is 39.4. The van der Waals surface area contributed by atoms with Gasteiger partial charge in [0.05, 0.1) is 28.1 Å². The zero-order valence-corrected chi connectivity index (χ0v) is 39.8. The van der Waals surface area contributed by atoms with Gasteiger partial charge in [0.25, 0.3) is 6.71 Å². The molecule has 73 heavy (non-hydrogen) atoms. The lowest BCUT2D eigenvalue weighted by Crippen LogP contribution is -2.61. The van der Waals surface area contributed by atoms with Gasteiger partial charge in [-0.2, -0.15) is 0 Å². The zero-order valence-electron chi connectivity index (χ0n) is 39.0. The fraction of sp³-hybridized carbons (Fsp3) is 0. The molecular formula is C66H37BN2O3S. The molecule has 0 spiro atoms. The van der Waals surface area contributed by atoms with Gasteiger partial charge in [-0.15, -0.1) is 11.3 Å². The number of benzene rings is 11. The van der Waals surface area contributed by atoms with E-state index < -0.39 is 0 Å². The average Bonchev–Trinajstić information content (AvgIpc) is 4.25. The number of rotatable bonds is 4. The molecule has 7 heteroatoms. The lowest BCUT2D eigenvalue weighted by atomic mass is 9.33. The maximum Gasteiger partial charge on any atom is 0.252 e. The van der Waals surface area contributed by atoms with Crippen LogP contribution in [0.1, 0.15) is 0 Å². The van der Waals surface area contributed by atoms with E-state index in [-0.39, 0.29) is 6.71 Å². The summed E-state index contributed by atoms with van der Waals surface area (Å²) in [6.45, 7) is -0.151. The van der Waals surface area contributed by atoms with Gasteiger partial charge in [0.15, 0.2) is 0 Å². The number of fused-ring (bicyclic) bond motifs is 18. The van der Waals surface area contributed by atoms with Crippen LogP contribution < -0.4 is 26.2 Å². The van der Waals surface area contributed by atoms with Crippen LogP contribution in [0.3, 0.4) is 0 Å². The minimum absolute atomic E-state index is 0.151. The summed E-state index contributed by atoms with van der Waals surface area (Å²) < 4.78 is 22.7. The Morgan fingerprint density at radius 1 is 0.301 bits per heavy atom. The second-order valence-electron chi connectivity index (χ2n) is 19.4. The van der Waals surface area contributed by atoms with Gasteiger partial charge in [0, 0.05) is 69.6 Å². The van der Waals surface area contributed by atoms with Crippen LogP contribution in [0.4, 0.5) is 34.1 Å². The summed E-state index contributed by atoms with van der Waals surface area (Å²) in [5, 5.41) is 9.05. The van der Waals surface area contributed by atoms with Crippen LogP contribution in [-0.4, -0.2) is 6.71 Å². The molecule has 2 aliphatic heterocycles. The number of hydrogen-bond acceptors (Lipinski definition) is 6. The fourth-order valence-corrected chi connectivity index (χ4v) is 13.9. The number of thiophene rings is 1. The van der Waals surface area contributed by atoms with Crippen LogP contribution in [-0.2, 0) is 0 Å². The first-order valence-electron chi connectivity index (χ1n) is 24.9. The maximum atomic E-state index is 6.83. The molecule has 338 valence electrons. The lowest BCUT2D eigenvalue weighted by Gasteiger charge is -2.45. The summed E-state index contributed by atoms with van der Waals surface area (Å²) in [6.07, 6.45) is 0. The molecular weight excluding hydrogens is 912 g/mol. The Morgan fingerprint density at radius 3 is 1.30 bits per heavy atom. The van der Waals surface area contributed by atoms with Gasteiger partial charge in [-0.25, -0.2) is 0 Å². The molecule has 0 amide bonds. The van der Waals surface area contributed by atoms with Crippen molar-refractivity contribution in [3.63, 3.8) is 0 Å². The number of hydrogen-bond donors (Lipinski definition) is 0. The summed E-state index contributed by atoms with van der Waals surface area (Å²) in [5.41, 5.74) is 20.0. The Balaban J connectivity index is 1.06. The summed E-state index contributed by atoms with van der Waals surface area (Å²) in [6, 6.07) is 81.3. The van der Waals surface area contributed by atoms with Crippen LogP contribution >= 0.6 is 11.3 Å². The Labute approximate surface area is 422 Å². The largest absolute Gasteiger partial charge is 0.456 e. The predicted octanol–water partition coefficient (Wildman–Crippen LogP) is 17.2. The van der Waals surface area contributed by atoms with Crippen molar-refractivity contribution in [3.8, 4) is 22.3 Å². The van der Waals surface area contributed by atoms with Gasteiger partial charge in [-0.05, 0) is 100 Å². The SMILES string of the molecule is c1ccc(-c2c(N3c4cccc5c4B(c4ccc6oc7ccccc7c6c43)c3ccc4sc6ccccc6c4c3N5c3ccc4oc5ccccc5c4c3-c3ccccc3)ccc3oc4ccccc4c23)cc1. The third-order valence-corrected chi connectivity index (χ3v) is 16.8. The van der Waals surface area contributed by atoms with E-state index in [0.29, 0.717) is 0 Å². The van der Waals surface area contributed by atoms with E-state index in [0.717, 1.165) is 117 Å². The molecule has 11 aromatic carbocycles. The van der Waals surface area contributed by atoms with Crippen molar-refractivity contribution < 1.29 is 13.3 Å². The van der Waals surface area contributed by atoms with Gasteiger partial charge < -0.3 is 23.1 Å². The van der Waals surface area contributed by atoms with E-state index in [1.165, 1.54) is 42.2 Å². The highest BCUT2D eigenvalue weighted by atomic mass is 32.1. The van der Waals surface area contributed by atoms with E-state index in [1.807, 2.05) is 11.3 Å². The molecule has 5 nitrogen and oxygen atoms in total. The van der Waals surface area contributed by atoms with Crippen LogP contribution in [0.5, 0.6) is 0 Å². The monoisotopic (exact) mass is 948 g/mol. The molecule has 0 unspecified atom stereocenters. The molecule has 0 bridgehead atoms. The van der Waals surface area contributed by atoms with Gasteiger partial charge in [0.2, 0.25) is 0 Å². The molecule has 17 rings (SSSR count). The summed E-state index contributed by atoms with van der Waals surface area (Å²) >= 11 is 1.86. The van der Waals surface area contributed by atoms with Crippen molar-refractivity contribution >= 4 is 155 Å². The highest BCUT2D eigenvalue weighted by Crippen LogP contribution is 2.55. The van der Waals surface area contributed by atoms with Crippen LogP contribution in [0.15, 0.2) is 238 Å². The molecule has 0 atom stereocenters. The molecule has 6 heterocycles. The minimum Gasteiger partial charge on any atom is -0.456 e. The van der Waals surface area contributed by atoms with Crippen molar-refractivity contribution in [1.29, 1.82) is 0 Å². The number of anilines is 6. The maximum absolute atomic E-state index is 6.83. The molecule has 2 aliphatic rings. The fourth-order valence-electron chi connectivity index (χ4n) is 12.8. The molecule has 0 aliphatic carbocycles. The van der Waals surface area contributed by atoms with Gasteiger partial charge in [-0.3, -0.25) is 0 Å². The highest BCUT2D eigenvalue weighted by Gasteiger charge is 2.46. The molecule has 15 aromatic rings. The second kappa shape index (κ2) is 14.6. The van der Waals surface area contributed by atoms with Crippen LogP contribution in [0, 0.1) is 0 Å². The zero-order chi connectivity index (χ0) is 47.5. The molecule has 0 saturated carbocycles. The summed E-state index contributed by atoms with van der Waals surface area (Å²) in [4.78, 5) is 5.17. The topological polar surface area (TPSA) is 45.9 Å². The molecule has 0 saturated heterocycles. The molecule has 0 fully saturated rings. The minimum atomic E-state index is -0.151. The van der Waals surface area contributed by atoms with Crippen molar-refractivity contribution in [3.05, 3.63) is 224 Å². The van der Waals surface area contributed by atoms with Crippen molar-refractivity contribution in [1.82, 2.24) is 0 Å². The highest BCUT2D eigenvalue weighted by molar-refractivity contribution is 7.26. The van der Waals surface area contributed by atoms with Crippen molar-refractivity contribution in [2.24, 2.45) is 0 Å². The quantitative estimate of drug-likeness (QED) is 0.165. The Kier molecular flexibility index (Phi) is 7.91. The molecule has 0 N–H and O–H groups in total. The van der Waals surface area contributed by atoms with Crippen molar-refractivity contribution in [2.45, 2.75) is 0 Å². The van der Waals surface area contributed by atoms with Gasteiger partial charge in [-0.1, -0.05) is 152 Å². The summed E-state index contributed by atoms with van der Waals surface area (Å²) in [7, 11) is 0. The Bertz CT molecular complexity index is 4530. The smallest absolute Gasteiger partial charge is 0.252 e. The van der Waals surface area contributed by atoms with Crippen molar-refractivity contribution in [2.75, 3.05) is 9.80 Å². The van der Waals surface area contributed by atoms with E-state index in [4.69, 9.17) is 13.3 Å². The van der Waals surface area contributed by atoms with E-state index in [2.05, 4.69) is 234 Å². The van der Waals surface area contributed by atoms with E-state index >= 15 is 0 Å². The number of nitrogens with zero attached hydrogens (tertiary/aromatic N) is 2. The van der Waals surface area contributed by atoms with Gasteiger partial charge in [0.1, 0.15) is 33.5 Å².